The van der Waals surface area contributed by atoms with E-state index < -0.39 is 0 Å². The second-order valence-corrected chi connectivity index (χ2v) is 3.58. The van der Waals surface area contributed by atoms with Crippen LogP contribution in [0, 0.1) is 0 Å². The zero-order valence-electron chi connectivity index (χ0n) is 9.30. The first-order valence-electron chi connectivity index (χ1n) is 5.40. The van der Waals surface area contributed by atoms with E-state index in [0.717, 1.165) is 5.56 Å². The van der Waals surface area contributed by atoms with Crippen molar-refractivity contribution in [3.05, 3.63) is 35.9 Å². The fraction of sp³-hybridized carbons (Fsp3) is 0.417. The fourth-order valence-corrected chi connectivity index (χ4v) is 1.49. The zero-order chi connectivity index (χ0) is 11.8. The third-order valence-corrected chi connectivity index (χ3v) is 2.33. The van der Waals surface area contributed by atoms with Gasteiger partial charge >= 0.3 is 0 Å². The largest absolute Gasteiger partial charge is 0.396 e. The highest BCUT2D eigenvalue weighted by molar-refractivity contribution is 5.78. The topological polar surface area (TPSA) is 66.6 Å². The number of nitrogens with two attached hydrogens (primary N) is 1. The summed E-state index contributed by atoms with van der Waals surface area (Å²) >= 11 is 0. The van der Waals surface area contributed by atoms with Crippen LogP contribution in [0.15, 0.2) is 30.3 Å². The number of carbonyl (C=O) groups excluding carboxylic acids is 1. The molecule has 0 aromatic heterocycles. The van der Waals surface area contributed by atoms with E-state index in [1.54, 1.807) is 4.90 Å². The number of rotatable bonds is 6. The van der Waals surface area contributed by atoms with Crippen molar-refractivity contribution >= 4 is 5.91 Å². The standard InChI is InChI=1S/C12H18N2O2/c13-9-12(16)14(7-4-8-15)10-11-5-2-1-3-6-11/h1-3,5-6,15H,4,7-10,13H2. The predicted octanol–water partition coefficient (Wildman–Crippen LogP) is 0.356. The van der Waals surface area contributed by atoms with Crippen molar-refractivity contribution in [2.24, 2.45) is 5.73 Å². The Morgan fingerprint density at radius 3 is 2.56 bits per heavy atom. The van der Waals surface area contributed by atoms with Crippen LogP contribution in [0.1, 0.15) is 12.0 Å². The molecule has 0 spiro atoms. The summed E-state index contributed by atoms with van der Waals surface area (Å²) in [5, 5.41) is 8.77. The van der Waals surface area contributed by atoms with Gasteiger partial charge in [0.25, 0.3) is 0 Å². The molecule has 0 saturated carbocycles. The molecule has 3 N–H and O–H groups in total. The molecule has 0 bridgehead atoms. The van der Waals surface area contributed by atoms with Gasteiger partial charge < -0.3 is 15.7 Å². The van der Waals surface area contributed by atoms with Crippen LogP contribution in [0.25, 0.3) is 0 Å². The third-order valence-electron chi connectivity index (χ3n) is 2.33. The van der Waals surface area contributed by atoms with Crippen LogP contribution >= 0.6 is 0 Å². The molecule has 0 aliphatic carbocycles. The molecular formula is C12H18N2O2. The summed E-state index contributed by atoms with van der Waals surface area (Å²) in [7, 11) is 0. The van der Waals surface area contributed by atoms with Crippen molar-refractivity contribution in [3.8, 4) is 0 Å². The molecule has 16 heavy (non-hydrogen) atoms. The van der Waals surface area contributed by atoms with Gasteiger partial charge in [0.2, 0.25) is 5.91 Å². The van der Waals surface area contributed by atoms with E-state index >= 15 is 0 Å². The van der Waals surface area contributed by atoms with E-state index in [9.17, 15) is 4.79 Å². The molecule has 0 saturated heterocycles. The Morgan fingerprint density at radius 2 is 2.00 bits per heavy atom. The molecular weight excluding hydrogens is 204 g/mol. The van der Waals surface area contributed by atoms with Crippen LogP contribution < -0.4 is 5.73 Å². The van der Waals surface area contributed by atoms with Crippen LogP contribution in [-0.4, -0.2) is 35.6 Å². The minimum atomic E-state index is -0.0858. The molecule has 0 unspecified atom stereocenters. The Balaban J connectivity index is 2.59. The van der Waals surface area contributed by atoms with Crippen LogP contribution in [0.4, 0.5) is 0 Å². The van der Waals surface area contributed by atoms with E-state index in [4.69, 9.17) is 10.8 Å². The Labute approximate surface area is 95.7 Å². The Hall–Kier alpha value is -1.39. The van der Waals surface area contributed by atoms with Gasteiger partial charge in [-0.1, -0.05) is 30.3 Å². The molecule has 1 aromatic carbocycles. The van der Waals surface area contributed by atoms with Gasteiger partial charge in [-0.05, 0) is 12.0 Å². The van der Waals surface area contributed by atoms with Gasteiger partial charge in [-0.25, -0.2) is 0 Å². The number of benzene rings is 1. The molecule has 0 atom stereocenters. The third kappa shape index (κ3) is 4.00. The molecule has 88 valence electrons. The number of aliphatic hydroxyl groups excluding tert-OH is 1. The highest BCUT2D eigenvalue weighted by atomic mass is 16.3. The maximum absolute atomic E-state index is 11.5. The molecule has 0 fully saturated rings. The van der Waals surface area contributed by atoms with Crippen molar-refractivity contribution in [2.75, 3.05) is 19.7 Å². The summed E-state index contributed by atoms with van der Waals surface area (Å²) in [5.41, 5.74) is 6.42. The lowest BCUT2D eigenvalue weighted by Gasteiger charge is -2.21. The molecule has 1 aromatic rings. The molecule has 1 amide bonds. The van der Waals surface area contributed by atoms with E-state index in [1.807, 2.05) is 30.3 Å². The first-order chi connectivity index (χ1) is 7.77. The lowest BCUT2D eigenvalue weighted by molar-refractivity contribution is -0.130. The van der Waals surface area contributed by atoms with Crippen molar-refractivity contribution < 1.29 is 9.90 Å². The molecule has 0 aliphatic rings. The smallest absolute Gasteiger partial charge is 0.236 e. The molecule has 0 aliphatic heterocycles. The predicted molar refractivity (Wildman–Crippen MR) is 62.6 cm³/mol. The van der Waals surface area contributed by atoms with Gasteiger partial charge in [-0.3, -0.25) is 4.79 Å². The van der Waals surface area contributed by atoms with Crippen molar-refractivity contribution in [2.45, 2.75) is 13.0 Å². The molecule has 1 rings (SSSR count). The van der Waals surface area contributed by atoms with E-state index in [-0.39, 0.29) is 19.1 Å². The molecule has 0 heterocycles. The highest BCUT2D eigenvalue weighted by Gasteiger charge is 2.11. The zero-order valence-corrected chi connectivity index (χ0v) is 9.30. The molecule has 0 radical (unpaired) electrons. The summed E-state index contributed by atoms with van der Waals surface area (Å²) in [6.07, 6.45) is 0.582. The van der Waals surface area contributed by atoms with Gasteiger partial charge in [0.1, 0.15) is 0 Å². The summed E-state index contributed by atoms with van der Waals surface area (Å²) in [5.74, 6) is -0.0858. The first-order valence-corrected chi connectivity index (χ1v) is 5.40. The lowest BCUT2D eigenvalue weighted by Crippen LogP contribution is -2.36. The van der Waals surface area contributed by atoms with Gasteiger partial charge in [0.15, 0.2) is 0 Å². The summed E-state index contributed by atoms with van der Waals surface area (Å²) in [6.45, 7) is 1.19. The maximum Gasteiger partial charge on any atom is 0.236 e. The number of nitrogens with zero attached hydrogens (tertiary/aromatic N) is 1. The van der Waals surface area contributed by atoms with Crippen LogP contribution in [0.5, 0.6) is 0 Å². The average molecular weight is 222 g/mol. The van der Waals surface area contributed by atoms with E-state index in [1.165, 1.54) is 0 Å². The second kappa shape index (κ2) is 6.98. The Bertz CT molecular complexity index is 314. The first kappa shape index (κ1) is 12.7. The summed E-state index contributed by atoms with van der Waals surface area (Å²) < 4.78 is 0. The van der Waals surface area contributed by atoms with Crippen LogP contribution in [-0.2, 0) is 11.3 Å². The lowest BCUT2D eigenvalue weighted by atomic mass is 10.2. The second-order valence-electron chi connectivity index (χ2n) is 3.58. The van der Waals surface area contributed by atoms with Crippen molar-refractivity contribution in [1.29, 1.82) is 0 Å². The number of carbonyl (C=O) groups is 1. The normalized spacial score (nSPS) is 10.1. The van der Waals surface area contributed by atoms with Crippen LogP contribution in [0.3, 0.4) is 0 Å². The SMILES string of the molecule is NCC(=O)N(CCCO)Cc1ccccc1. The van der Waals surface area contributed by atoms with Gasteiger partial charge in [-0.15, -0.1) is 0 Å². The van der Waals surface area contributed by atoms with Gasteiger partial charge in [0, 0.05) is 19.7 Å². The molecule has 4 heteroatoms. The Morgan fingerprint density at radius 1 is 1.31 bits per heavy atom. The average Bonchev–Trinajstić information content (AvgIpc) is 2.34. The van der Waals surface area contributed by atoms with Gasteiger partial charge in [-0.2, -0.15) is 0 Å². The minimum Gasteiger partial charge on any atom is -0.396 e. The Kier molecular flexibility index (Phi) is 5.53. The number of aliphatic hydroxyl groups is 1. The number of hydrogen-bond acceptors (Lipinski definition) is 3. The minimum absolute atomic E-state index is 0.0122. The van der Waals surface area contributed by atoms with Crippen molar-refractivity contribution in [3.63, 3.8) is 0 Å². The van der Waals surface area contributed by atoms with E-state index in [2.05, 4.69) is 0 Å². The van der Waals surface area contributed by atoms with Crippen molar-refractivity contribution in [1.82, 2.24) is 4.90 Å². The quantitative estimate of drug-likeness (QED) is 0.730. The maximum atomic E-state index is 11.5. The van der Waals surface area contributed by atoms with E-state index in [0.29, 0.717) is 19.5 Å². The van der Waals surface area contributed by atoms with Crippen LogP contribution in [0.2, 0.25) is 0 Å². The summed E-state index contributed by atoms with van der Waals surface area (Å²) in [6, 6.07) is 9.75. The van der Waals surface area contributed by atoms with Gasteiger partial charge in [0.05, 0.1) is 6.54 Å². The highest BCUT2D eigenvalue weighted by Crippen LogP contribution is 2.05. The monoisotopic (exact) mass is 222 g/mol. The molecule has 4 nitrogen and oxygen atoms in total. The number of hydrogen-bond donors (Lipinski definition) is 2. The fourth-order valence-electron chi connectivity index (χ4n) is 1.49. The number of amides is 1. The summed E-state index contributed by atoms with van der Waals surface area (Å²) in [4.78, 5) is 13.2.